The Labute approximate surface area is 86.1 Å². The summed E-state index contributed by atoms with van der Waals surface area (Å²) in [5.41, 5.74) is 0. The fraction of sp³-hybridized carbons (Fsp3) is 1.00. The number of hydrogen-bond acceptors (Lipinski definition) is 0. The number of rotatable bonds is 2. The van der Waals surface area contributed by atoms with E-state index in [1.165, 1.54) is 25.7 Å². The van der Waals surface area contributed by atoms with Gasteiger partial charge < -0.3 is 0 Å². The topological polar surface area (TPSA) is 0 Å². The van der Waals surface area contributed by atoms with Crippen molar-refractivity contribution in [1.82, 2.24) is 0 Å². The van der Waals surface area contributed by atoms with Crippen molar-refractivity contribution in [2.75, 3.05) is 0 Å². The molecule has 13 heavy (non-hydrogen) atoms. The van der Waals surface area contributed by atoms with Crippen molar-refractivity contribution in [1.29, 1.82) is 0 Å². The lowest BCUT2D eigenvalue weighted by Gasteiger charge is -2.32. The summed E-state index contributed by atoms with van der Waals surface area (Å²) in [7, 11) is 0. The van der Waals surface area contributed by atoms with Gasteiger partial charge in [-0.2, -0.15) is 0 Å². The SMILES string of the molecule is CC(C)C1CCC(C(C)C)CC1.[B]. The third-order valence-electron chi connectivity index (χ3n) is 3.70. The highest BCUT2D eigenvalue weighted by atomic mass is 14.3. The minimum Gasteiger partial charge on any atom is -0.0625 e. The Balaban J connectivity index is 0.00000144. The molecule has 0 aromatic heterocycles. The van der Waals surface area contributed by atoms with Gasteiger partial charge in [0.2, 0.25) is 0 Å². The van der Waals surface area contributed by atoms with Gasteiger partial charge in [0.05, 0.1) is 0 Å². The lowest BCUT2D eigenvalue weighted by molar-refractivity contribution is 0.189. The summed E-state index contributed by atoms with van der Waals surface area (Å²) in [6.45, 7) is 9.50. The molecule has 0 aromatic carbocycles. The van der Waals surface area contributed by atoms with E-state index in [-0.39, 0.29) is 8.41 Å². The largest absolute Gasteiger partial charge is 0.0625 e. The number of hydrogen-bond donors (Lipinski definition) is 0. The van der Waals surface area contributed by atoms with Crippen LogP contribution in [0, 0.1) is 23.7 Å². The molecule has 0 atom stereocenters. The van der Waals surface area contributed by atoms with Gasteiger partial charge in [0.15, 0.2) is 0 Å². The summed E-state index contributed by atoms with van der Waals surface area (Å²) < 4.78 is 0. The van der Waals surface area contributed by atoms with Crippen molar-refractivity contribution in [2.45, 2.75) is 53.4 Å². The van der Waals surface area contributed by atoms with E-state index in [1.54, 1.807) is 0 Å². The monoisotopic (exact) mass is 179 g/mol. The average Bonchev–Trinajstić information content (AvgIpc) is 2.04. The Bertz CT molecular complexity index is 105. The second-order valence-corrected chi connectivity index (χ2v) is 5.16. The molecular weight excluding hydrogens is 155 g/mol. The Kier molecular flexibility index (Phi) is 5.75. The van der Waals surface area contributed by atoms with Crippen LogP contribution in [0.2, 0.25) is 0 Å². The molecule has 1 aliphatic carbocycles. The van der Waals surface area contributed by atoms with Crippen molar-refractivity contribution in [2.24, 2.45) is 23.7 Å². The minimum absolute atomic E-state index is 0. The lowest BCUT2D eigenvalue weighted by atomic mass is 9.73. The van der Waals surface area contributed by atoms with Gasteiger partial charge in [-0.25, -0.2) is 0 Å². The highest BCUT2D eigenvalue weighted by molar-refractivity contribution is 5.75. The molecule has 3 radical (unpaired) electrons. The molecular formula is C12H24B. The summed E-state index contributed by atoms with van der Waals surface area (Å²) in [4.78, 5) is 0. The van der Waals surface area contributed by atoms with E-state index in [4.69, 9.17) is 0 Å². The zero-order chi connectivity index (χ0) is 9.14. The predicted molar refractivity (Wildman–Crippen MR) is 60.9 cm³/mol. The Morgan fingerprint density at radius 2 is 0.923 bits per heavy atom. The van der Waals surface area contributed by atoms with Gasteiger partial charge >= 0.3 is 0 Å². The van der Waals surface area contributed by atoms with Gasteiger partial charge in [-0.15, -0.1) is 0 Å². The van der Waals surface area contributed by atoms with E-state index in [0.717, 1.165) is 23.7 Å². The molecule has 0 unspecified atom stereocenters. The highest BCUT2D eigenvalue weighted by Crippen LogP contribution is 2.36. The van der Waals surface area contributed by atoms with E-state index >= 15 is 0 Å². The zero-order valence-electron chi connectivity index (χ0n) is 9.72. The first-order chi connectivity index (χ1) is 5.61. The van der Waals surface area contributed by atoms with Crippen LogP contribution in [0.5, 0.6) is 0 Å². The third-order valence-corrected chi connectivity index (χ3v) is 3.70. The first kappa shape index (κ1) is 13.1. The summed E-state index contributed by atoms with van der Waals surface area (Å²) in [6, 6.07) is 0. The van der Waals surface area contributed by atoms with E-state index in [0.29, 0.717) is 0 Å². The molecule has 0 N–H and O–H groups in total. The third kappa shape index (κ3) is 3.75. The van der Waals surface area contributed by atoms with E-state index in [9.17, 15) is 0 Å². The van der Waals surface area contributed by atoms with Gasteiger partial charge in [-0.1, -0.05) is 27.7 Å². The van der Waals surface area contributed by atoms with Gasteiger partial charge in [0.1, 0.15) is 0 Å². The molecule has 0 saturated heterocycles. The van der Waals surface area contributed by atoms with Crippen LogP contribution >= 0.6 is 0 Å². The molecule has 1 aliphatic rings. The summed E-state index contributed by atoms with van der Waals surface area (Å²) in [5, 5.41) is 0. The quantitative estimate of drug-likeness (QED) is 0.566. The van der Waals surface area contributed by atoms with Gasteiger partial charge in [-0.3, -0.25) is 0 Å². The maximum absolute atomic E-state index is 2.38. The molecule has 0 aliphatic heterocycles. The second-order valence-electron chi connectivity index (χ2n) is 5.16. The molecule has 1 rings (SSSR count). The maximum atomic E-state index is 2.38. The molecule has 1 heteroatoms. The second kappa shape index (κ2) is 5.72. The highest BCUT2D eigenvalue weighted by Gasteiger charge is 2.24. The van der Waals surface area contributed by atoms with Crippen molar-refractivity contribution in [3.8, 4) is 0 Å². The first-order valence-electron chi connectivity index (χ1n) is 5.61. The van der Waals surface area contributed by atoms with Crippen LogP contribution in [-0.4, -0.2) is 8.41 Å². The smallest absolute Gasteiger partial charge is 0 e. The summed E-state index contributed by atoms with van der Waals surface area (Å²) in [5.74, 6) is 3.89. The molecule has 0 bridgehead atoms. The fourth-order valence-corrected chi connectivity index (χ4v) is 2.48. The fourth-order valence-electron chi connectivity index (χ4n) is 2.48. The Morgan fingerprint density at radius 3 is 1.08 bits per heavy atom. The zero-order valence-corrected chi connectivity index (χ0v) is 9.72. The molecule has 0 nitrogen and oxygen atoms in total. The van der Waals surface area contributed by atoms with E-state index < -0.39 is 0 Å². The van der Waals surface area contributed by atoms with Gasteiger partial charge in [0.25, 0.3) is 0 Å². The minimum atomic E-state index is 0. The van der Waals surface area contributed by atoms with Crippen LogP contribution in [0.1, 0.15) is 53.4 Å². The molecule has 0 amide bonds. The maximum Gasteiger partial charge on any atom is 0 e. The van der Waals surface area contributed by atoms with Crippen molar-refractivity contribution in [3.63, 3.8) is 0 Å². The van der Waals surface area contributed by atoms with Gasteiger partial charge in [0, 0.05) is 8.41 Å². The van der Waals surface area contributed by atoms with Crippen LogP contribution in [0.4, 0.5) is 0 Å². The first-order valence-corrected chi connectivity index (χ1v) is 5.61. The van der Waals surface area contributed by atoms with Crippen LogP contribution < -0.4 is 0 Å². The van der Waals surface area contributed by atoms with Crippen molar-refractivity contribution < 1.29 is 0 Å². The molecule has 1 saturated carbocycles. The molecule has 0 spiro atoms. The van der Waals surface area contributed by atoms with Gasteiger partial charge in [-0.05, 0) is 49.4 Å². The van der Waals surface area contributed by atoms with E-state index in [2.05, 4.69) is 27.7 Å². The van der Waals surface area contributed by atoms with E-state index in [1.807, 2.05) is 0 Å². The van der Waals surface area contributed by atoms with Crippen LogP contribution in [0.15, 0.2) is 0 Å². The molecule has 1 fully saturated rings. The van der Waals surface area contributed by atoms with Crippen molar-refractivity contribution >= 4 is 8.41 Å². The summed E-state index contributed by atoms with van der Waals surface area (Å²) >= 11 is 0. The Hall–Kier alpha value is 0.0649. The van der Waals surface area contributed by atoms with Crippen LogP contribution in [-0.2, 0) is 0 Å². The predicted octanol–water partition coefficient (Wildman–Crippen LogP) is 3.72. The molecule has 75 valence electrons. The van der Waals surface area contributed by atoms with Crippen LogP contribution in [0.25, 0.3) is 0 Å². The van der Waals surface area contributed by atoms with Crippen molar-refractivity contribution in [3.05, 3.63) is 0 Å². The normalized spacial score (nSPS) is 29.1. The Morgan fingerprint density at radius 1 is 0.692 bits per heavy atom. The summed E-state index contributed by atoms with van der Waals surface area (Å²) in [6.07, 6.45) is 5.95. The molecule has 0 aromatic rings. The lowest BCUT2D eigenvalue weighted by Crippen LogP contribution is -2.21. The average molecular weight is 179 g/mol. The van der Waals surface area contributed by atoms with Crippen LogP contribution in [0.3, 0.4) is 0 Å². The standard InChI is InChI=1S/C12H24.B/c1-9(2)11-5-7-12(8-6-11)10(3)4;/h9-12H,5-8H2,1-4H3;. The molecule has 0 heterocycles.